The van der Waals surface area contributed by atoms with Gasteiger partial charge in [0, 0.05) is 65.4 Å². The molecule has 2 nitrogen and oxygen atoms in total. The lowest BCUT2D eigenvalue weighted by Gasteiger charge is -2.38. The molecule has 1 aliphatic rings. The van der Waals surface area contributed by atoms with Gasteiger partial charge in [-0.1, -0.05) is 6.92 Å². The summed E-state index contributed by atoms with van der Waals surface area (Å²) in [5.41, 5.74) is 0.553. The van der Waals surface area contributed by atoms with Gasteiger partial charge in [0.25, 0.3) is 0 Å². The zero-order chi connectivity index (χ0) is 9.19. The lowest BCUT2D eigenvalue weighted by molar-refractivity contribution is 0.171. The van der Waals surface area contributed by atoms with Gasteiger partial charge in [-0.05, 0) is 25.3 Å². The summed E-state index contributed by atoms with van der Waals surface area (Å²) in [5.74, 6) is 0. The highest BCUT2D eigenvalue weighted by molar-refractivity contribution is 14.1. The molecule has 0 amide bonds. The van der Waals surface area contributed by atoms with E-state index < -0.39 is 0 Å². The van der Waals surface area contributed by atoms with Crippen molar-refractivity contribution in [3.05, 3.63) is 0 Å². The quantitative estimate of drug-likeness (QED) is 0.525. The predicted octanol–water partition coefficient (Wildman–Crippen LogP) is 2.72. The molecule has 0 aromatic rings. The Morgan fingerprint density at radius 3 is 2.33 bits per heavy atom. The van der Waals surface area contributed by atoms with Crippen LogP contribution in [0.5, 0.6) is 0 Å². The Balaban J connectivity index is 2.39. The molecular weight excluding hydrogens is 378 g/mol. The number of nitrogens with zero attached hydrogens (tertiary/aromatic N) is 2. The van der Waals surface area contributed by atoms with E-state index in [-0.39, 0.29) is 0 Å². The summed E-state index contributed by atoms with van der Waals surface area (Å²) in [7, 11) is 2.15. The molecule has 4 heteroatoms. The fourth-order valence-corrected chi connectivity index (χ4v) is 3.01. The van der Waals surface area contributed by atoms with Crippen LogP contribution in [-0.2, 0) is 0 Å². The number of hydrogen-bond acceptors (Lipinski definition) is 2. The third kappa shape index (κ3) is 3.63. The van der Waals surface area contributed by atoms with Crippen LogP contribution in [0.2, 0.25) is 0 Å². The molecule has 0 N–H and O–H groups in total. The first-order valence-electron chi connectivity index (χ1n) is 4.29. The first-order valence-corrected chi connectivity index (χ1v) is 6.22. The lowest BCUT2D eigenvalue weighted by atomic mass is 9.81. The molecule has 0 aliphatic carbocycles. The Bertz CT molecular complexity index is 142. The molecule has 1 rings (SSSR count). The fourth-order valence-electron chi connectivity index (χ4n) is 1.70. The van der Waals surface area contributed by atoms with E-state index in [1.807, 2.05) is 0 Å². The molecule has 0 radical (unpaired) electrons. The first kappa shape index (κ1) is 11.5. The highest BCUT2D eigenvalue weighted by atomic mass is 127. The van der Waals surface area contributed by atoms with E-state index in [4.69, 9.17) is 0 Å². The third-order valence-corrected chi connectivity index (χ3v) is 3.82. The maximum Gasteiger partial charge on any atom is 0.0201 e. The van der Waals surface area contributed by atoms with Gasteiger partial charge in [-0.2, -0.15) is 0 Å². The summed E-state index contributed by atoms with van der Waals surface area (Å²) in [4.78, 5) is 0. The smallest absolute Gasteiger partial charge is 0.0201 e. The minimum absolute atomic E-state index is 0.553. The van der Waals surface area contributed by atoms with Crippen LogP contribution in [0.3, 0.4) is 0 Å². The molecule has 0 aromatic heterocycles. The van der Waals surface area contributed by atoms with E-state index >= 15 is 0 Å². The van der Waals surface area contributed by atoms with Gasteiger partial charge in [-0.25, -0.2) is 3.11 Å². The normalized spacial score (nSPS) is 24.8. The van der Waals surface area contributed by atoms with Crippen LogP contribution < -0.4 is 0 Å². The minimum atomic E-state index is 0.553. The van der Waals surface area contributed by atoms with Gasteiger partial charge < -0.3 is 0 Å². The Morgan fingerprint density at radius 1 is 1.42 bits per heavy atom. The summed E-state index contributed by atoms with van der Waals surface area (Å²) in [6, 6.07) is 0. The van der Waals surface area contributed by atoms with Crippen molar-refractivity contribution in [2.75, 3.05) is 26.7 Å². The predicted molar refractivity (Wildman–Crippen MR) is 69.6 cm³/mol. The monoisotopic (exact) mass is 394 g/mol. The molecule has 0 saturated carbocycles. The number of rotatable bonds is 2. The lowest BCUT2D eigenvalue weighted by Crippen LogP contribution is -2.38. The molecule has 1 aliphatic heterocycles. The molecule has 0 aromatic carbocycles. The summed E-state index contributed by atoms with van der Waals surface area (Å²) in [6.07, 6.45) is 2.67. The Morgan fingerprint density at radius 2 is 1.92 bits per heavy atom. The molecule has 0 atom stereocenters. The average Bonchev–Trinajstić information content (AvgIpc) is 1.94. The zero-order valence-corrected chi connectivity index (χ0v) is 12.0. The maximum absolute atomic E-state index is 2.42. The van der Waals surface area contributed by atoms with Crippen molar-refractivity contribution in [2.45, 2.75) is 19.8 Å². The standard InChI is InChI=1S/C8H16I2N2/c1-8(7-11(2)9)3-5-12(10)6-4-8/h3-7H2,1-2H3. The van der Waals surface area contributed by atoms with Crippen molar-refractivity contribution >= 4 is 45.7 Å². The van der Waals surface area contributed by atoms with Gasteiger partial charge in [0.1, 0.15) is 0 Å². The summed E-state index contributed by atoms with van der Waals surface area (Å²) >= 11 is 4.80. The van der Waals surface area contributed by atoms with Crippen molar-refractivity contribution in [3.63, 3.8) is 0 Å². The number of hydrogen-bond donors (Lipinski definition) is 0. The van der Waals surface area contributed by atoms with Gasteiger partial charge in [-0.3, -0.25) is 3.11 Å². The van der Waals surface area contributed by atoms with Crippen molar-refractivity contribution < 1.29 is 0 Å². The van der Waals surface area contributed by atoms with E-state index in [1.165, 1.54) is 32.5 Å². The summed E-state index contributed by atoms with van der Waals surface area (Å²) < 4.78 is 4.67. The SMILES string of the molecule is CN(I)CC1(C)CCN(I)CC1. The molecule has 0 unspecified atom stereocenters. The molecule has 72 valence electrons. The topological polar surface area (TPSA) is 6.48 Å². The largest absolute Gasteiger partial charge is 0.250 e. The molecule has 12 heavy (non-hydrogen) atoms. The zero-order valence-electron chi connectivity index (χ0n) is 7.69. The van der Waals surface area contributed by atoms with Gasteiger partial charge >= 0.3 is 0 Å². The van der Waals surface area contributed by atoms with E-state index in [1.54, 1.807) is 0 Å². The Kier molecular flexibility index (Phi) is 4.53. The Labute approximate surface area is 103 Å². The first-order chi connectivity index (χ1) is 5.52. The van der Waals surface area contributed by atoms with Crippen LogP contribution in [0.4, 0.5) is 0 Å². The molecule has 1 saturated heterocycles. The average molecular weight is 394 g/mol. The van der Waals surface area contributed by atoms with Crippen LogP contribution in [0.15, 0.2) is 0 Å². The molecule has 0 bridgehead atoms. The van der Waals surface area contributed by atoms with Crippen LogP contribution in [0.1, 0.15) is 19.8 Å². The van der Waals surface area contributed by atoms with E-state index in [0.717, 1.165) is 0 Å². The molecule has 0 spiro atoms. The highest BCUT2D eigenvalue weighted by Crippen LogP contribution is 2.33. The highest BCUT2D eigenvalue weighted by Gasteiger charge is 2.29. The fraction of sp³-hybridized carbons (Fsp3) is 1.00. The third-order valence-electron chi connectivity index (χ3n) is 2.52. The van der Waals surface area contributed by atoms with Crippen LogP contribution >= 0.6 is 45.7 Å². The van der Waals surface area contributed by atoms with Gasteiger partial charge in [-0.15, -0.1) is 0 Å². The Hall–Kier alpha value is 1.38. The minimum Gasteiger partial charge on any atom is -0.250 e. The van der Waals surface area contributed by atoms with E-state index in [2.05, 4.69) is 65.9 Å². The second-order valence-electron chi connectivity index (χ2n) is 3.98. The van der Waals surface area contributed by atoms with Gasteiger partial charge in [0.15, 0.2) is 0 Å². The van der Waals surface area contributed by atoms with Crippen LogP contribution in [0, 0.1) is 5.41 Å². The second kappa shape index (κ2) is 4.75. The summed E-state index contributed by atoms with van der Waals surface area (Å²) in [6.45, 7) is 6.13. The van der Waals surface area contributed by atoms with Crippen LogP contribution in [0.25, 0.3) is 0 Å². The van der Waals surface area contributed by atoms with Crippen molar-refractivity contribution in [2.24, 2.45) is 5.41 Å². The van der Waals surface area contributed by atoms with Crippen molar-refractivity contribution in [1.82, 2.24) is 6.23 Å². The molecular formula is C8H16I2N2. The maximum atomic E-state index is 2.42. The molecule has 1 heterocycles. The summed E-state index contributed by atoms with van der Waals surface area (Å²) in [5, 5.41) is 0. The van der Waals surface area contributed by atoms with Crippen molar-refractivity contribution in [1.29, 1.82) is 0 Å². The van der Waals surface area contributed by atoms with Crippen LogP contribution in [-0.4, -0.2) is 32.9 Å². The second-order valence-corrected chi connectivity index (χ2v) is 7.00. The molecule has 1 fully saturated rings. The van der Waals surface area contributed by atoms with Gasteiger partial charge in [0.2, 0.25) is 0 Å². The number of halogens is 2. The van der Waals surface area contributed by atoms with Gasteiger partial charge in [0.05, 0.1) is 0 Å². The van der Waals surface area contributed by atoms with E-state index in [0.29, 0.717) is 5.41 Å². The van der Waals surface area contributed by atoms with Crippen molar-refractivity contribution in [3.8, 4) is 0 Å². The van der Waals surface area contributed by atoms with E-state index in [9.17, 15) is 0 Å². The number of piperidine rings is 1.